The van der Waals surface area contributed by atoms with Gasteiger partial charge in [-0.3, -0.25) is 9.69 Å². The van der Waals surface area contributed by atoms with Gasteiger partial charge in [-0.2, -0.15) is 18.6 Å². The van der Waals surface area contributed by atoms with Gasteiger partial charge < -0.3 is 14.8 Å². The number of likely N-dealkylation sites (N-methyl/N-ethyl adjacent to an activating group) is 1. The van der Waals surface area contributed by atoms with Gasteiger partial charge in [-0.25, -0.2) is 9.97 Å². The molecule has 0 saturated carbocycles. The fraction of sp³-hybridized carbons (Fsp3) is 0.364. The first kappa shape index (κ1) is 24.1. The van der Waals surface area contributed by atoms with Crippen molar-refractivity contribution in [3.63, 3.8) is 0 Å². The largest absolute Gasteiger partial charge is 0.493 e. The molecule has 0 aliphatic heterocycles. The molecule has 0 aliphatic rings. The van der Waals surface area contributed by atoms with E-state index in [0.717, 1.165) is 11.4 Å². The number of methoxy groups -OCH3 is 1. The van der Waals surface area contributed by atoms with Gasteiger partial charge in [-0.1, -0.05) is 6.07 Å². The molecule has 0 aliphatic carbocycles. The summed E-state index contributed by atoms with van der Waals surface area (Å²) in [7, 11) is 3.12. The number of hydrogen-bond acceptors (Lipinski definition) is 7. The molecule has 176 valence electrons. The topological polar surface area (TPSA) is 94.4 Å². The number of halogens is 2. The summed E-state index contributed by atoms with van der Waals surface area (Å²) < 4.78 is 36.4. The molecule has 9 nitrogen and oxygen atoms in total. The second kappa shape index (κ2) is 10.3. The maximum absolute atomic E-state index is 12.7. The van der Waals surface area contributed by atoms with E-state index in [1.165, 1.54) is 17.9 Å². The van der Waals surface area contributed by atoms with Gasteiger partial charge in [0.2, 0.25) is 5.91 Å². The Bertz CT molecular complexity index is 1120. The predicted octanol–water partition coefficient (Wildman–Crippen LogP) is 3.27. The highest BCUT2D eigenvalue weighted by molar-refractivity contribution is 5.91. The van der Waals surface area contributed by atoms with Crippen molar-refractivity contribution >= 4 is 11.7 Å². The molecular formula is C22H26F2N6O3. The van der Waals surface area contributed by atoms with Crippen LogP contribution < -0.4 is 14.8 Å². The molecule has 0 atom stereocenters. The van der Waals surface area contributed by atoms with Crippen LogP contribution in [0.2, 0.25) is 0 Å². The summed E-state index contributed by atoms with van der Waals surface area (Å²) in [6.45, 7) is 2.94. The number of nitrogens with one attached hydrogen (secondary N) is 1. The average Bonchev–Trinajstić information content (AvgIpc) is 3.06. The summed E-state index contributed by atoms with van der Waals surface area (Å²) in [6.07, 6.45) is 0. The van der Waals surface area contributed by atoms with Crippen LogP contribution in [0.5, 0.6) is 11.5 Å². The minimum absolute atomic E-state index is 0.0506. The molecular weight excluding hydrogens is 434 g/mol. The number of aryl methyl sites for hydroxylation is 3. The normalized spacial score (nSPS) is 11.2. The Balaban J connectivity index is 1.68. The maximum Gasteiger partial charge on any atom is 0.387 e. The molecule has 0 radical (unpaired) electrons. The molecule has 3 aromatic rings. The number of rotatable bonds is 9. The van der Waals surface area contributed by atoms with Crippen LogP contribution in [0.4, 0.5) is 14.6 Å². The van der Waals surface area contributed by atoms with E-state index in [1.807, 2.05) is 26.8 Å². The van der Waals surface area contributed by atoms with Crippen LogP contribution in [0, 0.1) is 20.8 Å². The third-order valence-electron chi connectivity index (χ3n) is 4.57. The number of ether oxygens (including phenoxy) is 2. The van der Waals surface area contributed by atoms with Gasteiger partial charge in [0.05, 0.1) is 19.3 Å². The van der Waals surface area contributed by atoms with Gasteiger partial charge in [0.15, 0.2) is 11.5 Å². The first-order valence-corrected chi connectivity index (χ1v) is 10.1. The number of amides is 1. The Labute approximate surface area is 190 Å². The lowest BCUT2D eigenvalue weighted by atomic mass is 10.2. The molecule has 1 aromatic carbocycles. The zero-order valence-electron chi connectivity index (χ0n) is 19.1. The Hall–Kier alpha value is -3.60. The van der Waals surface area contributed by atoms with Gasteiger partial charge in [0, 0.05) is 24.0 Å². The van der Waals surface area contributed by atoms with Crippen molar-refractivity contribution in [1.82, 2.24) is 24.6 Å². The lowest BCUT2D eigenvalue weighted by molar-refractivity contribution is -0.117. The number of benzene rings is 1. The molecule has 0 unspecified atom stereocenters. The summed E-state index contributed by atoms with van der Waals surface area (Å²) in [5.74, 6) is 0.690. The van der Waals surface area contributed by atoms with E-state index in [2.05, 4.69) is 25.1 Å². The number of carbonyl (C=O) groups is 1. The maximum atomic E-state index is 12.7. The van der Waals surface area contributed by atoms with Crippen molar-refractivity contribution < 1.29 is 23.0 Å². The van der Waals surface area contributed by atoms with E-state index in [9.17, 15) is 13.6 Å². The number of anilines is 1. The number of alkyl halides is 2. The highest BCUT2D eigenvalue weighted by atomic mass is 19.3. The Kier molecular flexibility index (Phi) is 7.54. The lowest BCUT2D eigenvalue weighted by Crippen LogP contribution is -2.30. The quantitative estimate of drug-likeness (QED) is 0.524. The molecule has 1 N–H and O–H groups in total. The summed E-state index contributed by atoms with van der Waals surface area (Å²) in [5.41, 5.74) is 2.96. The van der Waals surface area contributed by atoms with Crippen molar-refractivity contribution in [2.24, 2.45) is 0 Å². The van der Waals surface area contributed by atoms with Crippen LogP contribution in [0.3, 0.4) is 0 Å². The fourth-order valence-electron chi connectivity index (χ4n) is 3.35. The third kappa shape index (κ3) is 6.45. The average molecular weight is 460 g/mol. The van der Waals surface area contributed by atoms with Crippen LogP contribution in [0.1, 0.15) is 22.6 Å². The second-order valence-corrected chi connectivity index (χ2v) is 7.62. The molecule has 0 fully saturated rings. The molecule has 2 heterocycles. The summed E-state index contributed by atoms with van der Waals surface area (Å²) in [5, 5.41) is 7.23. The van der Waals surface area contributed by atoms with E-state index in [4.69, 9.17) is 4.74 Å². The van der Waals surface area contributed by atoms with Crippen molar-refractivity contribution in [1.29, 1.82) is 0 Å². The molecule has 33 heavy (non-hydrogen) atoms. The van der Waals surface area contributed by atoms with E-state index < -0.39 is 6.61 Å². The van der Waals surface area contributed by atoms with E-state index in [0.29, 0.717) is 29.6 Å². The zero-order chi connectivity index (χ0) is 24.1. The zero-order valence-corrected chi connectivity index (χ0v) is 19.1. The molecule has 0 bridgehead atoms. The van der Waals surface area contributed by atoms with Gasteiger partial charge >= 0.3 is 6.61 Å². The number of aromatic nitrogens is 4. The number of carbonyl (C=O) groups excluding carboxylic acids is 1. The van der Waals surface area contributed by atoms with Gasteiger partial charge in [0.25, 0.3) is 5.95 Å². The van der Waals surface area contributed by atoms with Crippen LogP contribution in [-0.2, 0) is 11.3 Å². The van der Waals surface area contributed by atoms with E-state index >= 15 is 0 Å². The predicted molar refractivity (Wildman–Crippen MR) is 118 cm³/mol. The first-order valence-electron chi connectivity index (χ1n) is 10.1. The van der Waals surface area contributed by atoms with Gasteiger partial charge in [-0.15, -0.1) is 0 Å². The second-order valence-electron chi connectivity index (χ2n) is 7.62. The van der Waals surface area contributed by atoms with Gasteiger partial charge in [-0.05, 0) is 51.6 Å². The van der Waals surface area contributed by atoms with E-state index in [1.54, 1.807) is 30.1 Å². The Morgan fingerprint density at radius 3 is 2.42 bits per heavy atom. The van der Waals surface area contributed by atoms with Crippen LogP contribution in [0.25, 0.3) is 5.95 Å². The summed E-state index contributed by atoms with van der Waals surface area (Å²) >= 11 is 0. The monoisotopic (exact) mass is 460 g/mol. The number of nitrogens with zero attached hydrogens (tertiary/aromatic N) is 5. The first-order chi connectivity index (χ1) is 15.6. The molecule has 0 saturated heterocycles. The van der Waals surface area contributed by atoms with Crippen molar-refractivity contribution in [3.8, 4) is 17.4 Å². The lowest BCUT2D eigenvalue weighted by Gasteiger charge is -2.18. The molecule has 3 rings (SSSR count). The molecule has 2 aromatic heterocycles. The van der Waals surface area contributed by atoms with Crippen LogP contribution in [0.15, 0.2) is 30.3 Å². The van der Waals surface area contributed by atoms with E-state index in [-0.39, 0.29) is 24.0 Å². The molecule has 1 amide bonds. The fourth-order valence-corrected chi connectivity index (χ4v) is 3.35. The van der Waals surface area contributed by atoms with Crippen LogP contribution in [-0.4, -0.2) is 57.9 Å². The summed E-state index contributed by atoms with van der Waals surface area (Å²) in [4.78, 5) is 23.2. The van der Waals surface area contributed by atoms with Crippen molar-refractivity contribution in [2.75, 3.05) is 26.0 Å². The molecule has 0 spiro atoms. The minimum atomic E-state index is -2.97. The highest BCUT2D eigenvalue weighted by Gasteiger charge is 2.16. The van der Waals surface area contributed by atoms with Crippen LogP contribution >= 0.6 is 0 Å². The summed E-state index contributed by atoms with van der Waals surface area (Å²) in [6, 6.07) is 8.32. The third-order valence-corrected chi connectivity index (χ3v) is 4.57. The highest BCUT2D eigenvalue weighted by Crippen LogP contribution is 2.29. The smallest absolute Gasteiger partial charge is 0.387 e. The van der Waals surface area contributed by atoms with Gasteiger partial charge in [0.1, 0.15) is 5.82 Å². The van der Waals surface area contributed by atoms with Crippen molar-refractivity contribution in [3.05, 3.63) is 53.0 Å². The molecule has 11 heteroatoms. The minimum Gasteiger partial charge on any atom is -0.493 e. The van der Waals surface area contributed by atoms with Crippen molar-refractivity contribution in [2.45, 2.75) is 33.9 Å². The Morgan fingerprint density at radius 2 is 1.79 bits per heavy atom. The SMILES string of the molecule is COc1ccc(CN(C)CC(=O)Nc2cc(C)nn2-c2nc(C)cc(C)n2)cc1OC(F)F. The number of hydrogen-bond donors (Lipinski definition) is 1. The Morgan fingerprint density at radius 1 is 1.09 bits per heavy atom. The standard InChI is InChI=1S/C22H26F2N6O3/c1-13-8-14(2)26-22(25-13)30-19(9-15(3)28-30)27-20(31)12-29(4)11-16-6-7-17(32-5)18(10-16)33-21(23)24/h6-10,21H,11-12H2,1-5H3,(H,27,31).